The minimum Gasteiger partial charge on any atom is -0.478 e. The van der Waals surface area contributed by atoms with Crippen LogP contribution in [0.5, 0.6) is 0 Å². The Morgan fingerprint density at radius 1 is 1.19 bits per heavy atom. The maximum absolute atomic E-state index is 13.1. The minimum absolute atomic E-state index is 0.0109. The normalized spacial score (nSPS) is 10.2. The molecule has 0 unspecified atom stereocenters. The third-order valence-corrected chi connectivity index (χ3v) is 3.04. The number of benzene rings is 2. The largest absolute Gasteiger partial charge is 0.478 e. The summed E-state index contributed by atoms with van der Waals surface area (Å²) >= 11 is 5.89. The lowest BCUT2D eigenvalue weighted by Gasteiger charge is -2.09. The summed E-state index contributed by atoms with van der Waals surface area (Å²) in [7, 11) is 0. The van der Waals surface area contributed by atoms with Gasteiger partial charge < -0.3 is 16.2 Å². The summed E-state index contributed by atoms with van der Waals surface area (Å²) in [6, 6.07) is 7.26. The molecule has 2 rings (SSSR count). The van der Waals surface area contributed by atoms with Crippen LogP contribution in [0.15, 0.2) is 36.4 Å². The molecule has 0 aliphatic rings. The molecule has 21 heavy (non-hydrogen) atoms. The molecule has 0 radical (unpaired) electrons. The molecule has 1 amide bonds. The van der Waals surface area contributed by atoms with Crippen molar-refractivity contribution in [3.8, 4) is 0 Å². The quantitative estimate of drug-likeness (QED) is 0.760. The van der Waals surface area contributed by atoms with Crippen LogP contribution in [0.1, 0.15) is 20.7 Å². The predicted molar refractivity (Wildman–Crippen MR) is 77.2 cm³/mol. The summed E-state index contributed by atoms with van der Waals surface area (Å²) < 4.78 is 13.1. The van der Waals surface area contributed by atoms with Crippen LogP contribution < -0.4 is 11.1 Å². The fourth-order valence-corrected chi connectivity index (χ4v) is 1.89. The van der Waals surface area contributed by atoms with Gasteiger partial charge in [0.15, 0.2) is 0 Å². The number of anilines is 2. The molecule has 0 aliphatic heterocycles. The molecular formula is C14H10ClFN2O3. The SMILES string of the molecule is Nc1ccc(F)cc1C(=O)Nc1ccc(C(=O)O)cc1Cl. The van der Waals surface area contributed by atoms with Crippen LogP contribution in [-0.2, 0) is 0 Å². The van der Waals surface area contributed by atoms with Gasteiger partial charge >= 0.3 is 5.97 Å². The topological polar surface area (TPSA) is 92.4 Å². The molecule has 0 heterocycles. The van der Waals surface area contributed by atoms with Crippen LogP contribution in [0.3, 0.4) is 0 Å². The van der Waals surface area contributed by atoms with E-state index in [1.165, 1.54) is 24.3 Å². The maximum Gasteiger partial charge on any atom is 0.335 e. The molecule has 2 aromatic carbocycles. The maximum atomic E-state index is 13.1. The molecule has 0 saturated carbocycles. The number of carbonyl (C=O) groups excluding carboxylic acids is 1. The van der Waals surface area contributed by atoms with Crippen molar-refractivity contribution in [1.29, 1.82) is 0 Å². The first-order chi connectivity index (χ1) is 9.88. The Morgan fingerprint density at radius 3 is 2.52 bits per heavy atom. The number of nitrogens with one attached hydrogen (secondary N) is 1. The highest BCUT2D eigenvalue weighted by Crippen LogP contribution is 2.24. The molecule has 5 nitrogen and oxygen atoms in total. The molecule has 0 aliphatic carbocycles. The molecule has 4 N–H and O–H groups in total. The second kappa shape index (κ2) is 5.80. The Morgan fingerprint density at radius 2 is 1.90 bits per heavy atom. The van der Waals surface area contributed by atoms with Gasteiger partial charge in [-0.1, -0.05) is 11.6 Å². The Bertz CT molecular complexity index is 734. The highest BCUT2D eigenvalue weighted by molar-refractivity contribution is 6.34. The van der Waals surface area contributed by atoms with E-state index in [-0.39, 0.29) is 27.5 Å². The first kappa shape index (κ1) is 14.8. The van der Waals surface area contributed by atoms with Gasteiger partial charge in [0.05, 0.1) is 21.8 Å². The lowest BCUT2D eigenvalue weighted by Crippen LogP contribution is -2.15. The van der Waals surface area contributed by atoms with Crippen LogP contribution in [0, 0.1) is 5.82 Å². The summed E-state index contributed by atoms with van der Waals surface area (Å²) in [5.74, 6) is -2.37. The first-order valence-electron chi connectivity index (χ1n) is 5.77. The standard InChI is InChI=1S/C14H10ClFN2O3/c15-10-5-7(14(20)21)1-4-12(10)18-13(19)9-6-8(16)2-3-11(9)17/h1-6H,17H2,(H,18,19)(H,20,21). The number of carbonyl (C=O) groups is 2. The van der Waals surface area contributed by atoms with E-state index in [0.717, 1.165) is 12.1 Å². The van der Waals surface area contributed by atoms with Gasteiger partial charge in [-0.15, -0.1) is 0 Å². The van der Waals surface area contributed by atoms with Crippen molar-refractivity contribution >= 4 is 34.9 Å². The highest BCUT2D eigenvalue weighted by atomic mass is 35.5. The molecule has 0 aromatic heterocycles. The van der Waals surface area contributed by atoms with Crippen LogP contribution in [0.4, 0.5) is 15.8 Å². The van der Waals surface area contributed by atoms with Gasteiger partial charge in [-0.05, 0) is 36.4 Å². The predicted octanol–water partition coefficient (Wildman–Crippen LogP) is 3.01. The van der Waals surface area contributed by atoms with E-state index >= 15 is 0 Å². The lowest BCUT2D eigenvalue weighted by molar-refractivity contribution is 0.0696. The van der Waals surface area contributed by atoms with Gasteiger partial charge in [0.2, 0.25) is 0 Å². The lowest BCUT2D eigenvalue weighted by atomic mass is 10.1. The van der Waals surface area contributed by atoms with Crippen LogP contribution in [0.2, 0.25) is 5.02 Å². The number of rotatable bonds is 3. The van der Waals surface area contributed by atoms with Crippen LogP contribution in [-0.4, -0.2) is 17.0 Å². The van der Waals surface area contributed by atoms with E-state index < -0.39 is 17.7 Å². The summed E-state index contributed by atoms with van der Waals surface area (Å²) in [5, 5.41) is 11.3. The Labute approximate surface area is 124 Å². The molecule has 0 fully saturated rings. The average Bonchev–Trinajstić information content (AvgIpc) is 2.43. The average molecular weight is 309 g/mol. The number of aromatic carboxylic acids is 1. The van der Waals surface area contributed by atoms with Crippen molar-refractivity contribution < 1.29 is 19.1 Å². The molecule has 0 saturated heterocycles. The number of hydrogen-bond donors (Lipinski definition) is 3. The molecule has 0 bridgehead atoms. The molecular weight excluding hydrogens is 299 g/mol. The van der Waals surface area contributed by atoms with E-state index in [4.69, 9.17) is 22.4 Å². The Hall–Kier alpha value is -2.60. The van der Waals surface area contributed by atoms with Gasteiger partial charge in [0.1, 0.15) is 5.82 Å². The zero-order chi connectivity index (χ0) is 15.6. The monoisotopic (exact) mass is 308 g/mol. The number of amides is 1. The van der Waals surface area contributed by atoms with Gasteiger partial charge in [-0.2, -0.15) is 0 Å². The minimum atomic E-state index is -1.14. The Balaban J connectivity index is 2.27. The molecule has 0 atom stereocenters. The first-order valence-corrected chi connectivity index (χ1v) is 6.15. The van der Waals surface area contributed by atoms with E-state index in [9.17, 15) is 14.0 Å². The number of carboxylic acids is 1. The van der Waals surface area contributed by atoms with Crippen LogP contribution in [0.25, 0.3) is 0 Å². The summed E-state index contributed by atoms with van der Waals surface area (Å²) in [4.78, 5) is 22.8. The third-order valence-electron chi connectivity index (χ3n) is 2.72. The molecule has 0 spiro atoms. The van der Waals surface area contributed by atoms with Gasteiger partial charge in [0.25, 0.3) is 5.91 Å². The zero-order valence-electron chi connectivity index (χ0n) is 10.6. The fraction of sp³-hybridized carbons (Fsp3) is 0. The number of nitrogens with two attached hydrogens (primary N) is 1. The summed E-state index contributed by atoms with van der Waals surface area (Å²) in [6.45, 7) is 0. The number of halogens is 2. The summed E-state index contributed by atoms with van der Waals surface area (Å²) in [6.07, 6.45) is 0. The number of hydrogen-bond acceptors (Lipinski definition) is 3. The highest BCUT2D eigenvalue weighted by Gasteiger charge is 2.14. The summed E-state index contributed by atoms with van der Waals surface area (Å²) in [5.41, 5.74) is 5.88. The van der Waals surface area contributed by atoms with Crippen molar-refractivity contribution in [1.82, 2.24) is 0 Å². The van der Waals surface area contributed by atoms with Crippen molar-refractivity contribution in [2.75, 3.05) is 11.1 Å². The number of nitrogen functional groups attached to an aromatic ring is 1. The second-order valence-corrected chi connectivity index (χ2v) is 4.59. The molecule has 108 valence electrons. The fourth-order valence-electron chi connectivity index (χ4n) is 1.66. The third kappa shape index (κ3) is 3.29. The number of carboxylic acid groups (broad SMARTS) is 1. The zero-order valence-corrected chi connectivity index (χ0v) is 11.3. The van der Waals surface area contributed by atoms with Crippen molar-refractivity contribution in [3.63, 3.8) is 0 Å². The van der Waals surface area contributed by atoms with E-state index in [1.807, 2.05) is 0 Å². The van der Waals surface area contributed by atoms with Crippen molar-refractivity contribution in [2.24, 2.45) is 0 Å². The van der Waals surface area contributed by atoms with Gasteiger partial charge in [-0.3, -0.25) is 4.79 Å². The van der Waals surface area contributed by atoms with E-state index in [0.29, 0.717) is 0 Å². The van der Waals surface area contributed by atoms with E-state index in [1.54, 1.807) is 0 Å². The van der Waals surface area contributed by atoms with Crippen molar-refractivity contribution in [3.05, 3.63) is 58.4 Å². The van der Waals surface area contributed by atoms with Gasteiger partial charge in [0, 0.05) is 5.69 Å². The smallest absolute Gasteiger partial charge is 0.335 e. The van der Waals surface area contributed by atoms with E-state index in [2.05, 4.69) is 5.32 Å². The van der Waals surface area contributed by atoms with Crippen LogP contribution >= 0.6 is 11.6 Å². The molecule has 2 aromatic rings. The van der Waals surface area contributed by atoms with Crippen molar-refractivity contribution in [2.45, 2.75) is 0 Å². The Kier molecular flexibility index (Phi) is 4.09. The second-order valence-electron chi connectivity index (χ2n) is 4.19. The molecule has 7 heteroatoms. The van der Waals surface area contributed by atoms with Gasteiger partial charge in [-0.25, -0.2) is 9.18 Å².